The Balaban J connectivity index is 1.89. The molecule has 0 aliphatic carbocycles. The molecule has 2 aliphatic heterocycles. The number of hydrogen-bond acceptors (Lipinski definition) is 3. The number of halogens is 1. The van der Waals surface area contributed by atoms with Gasteiger partial charge in [-0.1, -0.05) is 15.9 Å². The maximum Gasteiger partial charge on any atom is 0.232 e. The number of alkyl halides is 1. The number of rotatable bonds is 2. The van der Waals surface area contributed by atoms with E-state index >= 15 is 0 Å². The van der Waals surface area contributed by atoms with Crippen LogP contribution in [0.3, 0.4) is 0 Å². The first kappa shape index (κ1) is 11.7. The number of fused-ring (bicyclic) bond motifs is 1. The second kappa shape index (κ2) is 5.06. The van der Waals surface area contributed by atoms with Gasteiger partial charge in [0.15, 0.2) is 0 Å². The van der Waals surface area contributed by atoms with E-state index in [2.05, 4.69) is 20.8 Å². The van der Waals surface area contributed by atoms with Crippen molar-refractivity contribution < 1.29 is 4.79 Å². The van der Waals surface area contributed by atoms with Crippen molar-refractivity contribution in [2.75, 3.05) is 38.2 Å². The molecule has 0 aromatic heterocycles. The third-order valence-electron chi connectivity index (χ3n) is 3.19. The standard InChI is InChI=1S/C10H17BrN2OS/c1-15-7-10(14)13-3-2-12-5-8(11)4-9(12)6-13/h8-9H,2-7H2,1H3. The van der Waals surface area contributed by atoms with Crippen LogP contribution in [0.2, 0.25) is 0 Å². The van der Waals surface area contributed by atoms with E-state index in [9.17, 15) is 4.79 Å². The van der Waals surface area contributed by atoms with Gasteiger partial charge >= 0.3 is 0 Å². The fourth-order valence-corrected chi connectivity index (χ4v) is 3.66. The van der Waals surface area contributed by atoms with E-state index in [1.165, 1.54) is 6.42 Å². The summed E-state index contributed by atoms with van der Waals surface area (Å²) in [6.45, 7) is 4.04. The number of nitrogens with zero attached hydrogens (tertiary/aromatic N) is 2. The molecule has 2 heterocycles. The smallest absolute Gasteiger partial charge is 0.232 e. The van der Waals surface area contributed by atoms with Crippen molar-refractivity contribution in [1.29, 1.82) is 0 Å². The molecular weight excluding hydrogens is 276 g/mol. The molecule has 0 aromatic carbocycles. The second-order valence-electron chi connectivity index (χ2n) is 4.25. The lowest BCUT2D eigenvalue weighted by molar-refractivity contribution is -0.130. The average Bonchev–Trinajstić information content (AvgIpc) is 2.57. The summed E-state index contributed by atoms with van der Waals surface area (Å²) >= 11 is 5.28. The Kier molecular flexibility index (Phi) is 3.96. The lowest BCUT2D eigenvalue weighted by atomic mass is 10.1. The maximum atomic E-state index is 11.7. The SMILES string of the molecule is CSCC(=O)N1CCN2CC(Br)CC2C1. The van der Waals surface area contributed by atoms with Gasteiger partial charge in [-0.05, 0) is 12.7 Å². The van der Waals surface area contributed by atoms with Crippen LogP contribution in [0, 0.1) is 0 Å². The molecule has 0 radical (unpaired) electrons. The molecule has 0 aromatic rings. The van der Waals surface area contributed by atoms with E-state index in [0.29, 0.717) is 22.5 Å². The predicted octanol–water partition coefficient (Wildman–Crippen LogP) is 1.03. The number of carbonyl (C=O) groups excluding carboxylic acids is 1. The molecule has 2 rings (SSSR count). The van der Waals surface area contributed by atoms with Crippen LogP contribution < -0.4 is 0 Å². The molecule has 2 unspecified atom stereocenters. The zero-order valence-electron chi connectivity index (χ0n) is 8.99. The zero-order chi connectivity index (χ0) is 10.8. The molecule has 0 N–H and O–H groups in total. The van der Waals surface area contributed by atoms with Crippen molar-refractivity contribution in [3.63, 3.8) is 0 Å². The molecule has 2 saturated heterocycles. The van der Waals surface area contributed by atoms with E-state index in [1.807, 2.05) is 11.2 Å². The Morgan fingerprint density at radius 1 is 1.47 bits per heavy atom. The fraction of sp³-hybridized carbons (Fsp3) is 0.900. The summed E-state index contributed by atoms with van der Waals surface area (Å²) in [4.78, 5) is 16.9. The van der Waals surface area contributed by atoms with Crippen LogP contribution >= 0.6 is 27.7 Å². The predicted molar refractivity (Wildman–Crippen MR) is 67.7 cm³/mol. The largest absolute Gasteiger partial charge is 0.339 e. The van der Waals surface area contributed by atoms with Crippen molar-refractivity contribution >= 4 is 33.6 Å². The third-order valence-corrected chi connectivity index (χ3v) is 4.38. The highest BCUT2D eigenvalue weighted by Crippen LogP contribution is 2.26. The Bertz CT molecular complexity index is 252. The summed E-state index contributed by atoms with van der Waals surface area (Å²) in [7, 11) is 0. The van der Waals surface area contributed by atoms with Gasteiger partial charge in [-0.2, -0.15) is 11.8 Å². The van der Waals surface area contributed by atoms with Crippen molar-refractivity contribution in [2.45, 2.75) is 17.3 Å². The third kappa shape index (κ3) is 2.68. The van der Waals surface area contributed by atoms with Gasteiger partial charge in [0.1, 0.15) is 0 Å². The first-order valence-corrected chi connectivity index (χ1v) is 7.66. The molecule has 0 spiro atoms. The molecular formula is C10H17BrN2OS. The van der Waals surface area contributed by atoms with Gasteiger partial charge < -0.3 is 4.90 Å². The van der Waals surface area contributed by atoms with Crippen LogP contribution in [0.25, 0.3) is 0 Å². The van der Waals surface area contributed by atoms with Gasteiger partial charge in [0.25, 0.3) is 0 Å². The average molecular weight is 293 g/mol. The summed E-state index contributed by atoms with van der Waals surface area (Å²) in [5.41, 5.74) is 0. The van der Waals surface area contributed by atoms with Crippen molar-refractivity contribution in [3.8, 4) is 0 Å². The van der Waals surface area contributed by atoms with Crippen molar-refractivity contribution in [1.82, 2.24) is 9.80 Å². The number of hydrogen-bond donors (Lipinski definition) is 0. The lowest BCUT2D eigenvalue weighted by Crippen LogP contribution is -2.52. The number of piperazine rings is 1. The van der Waals surface area contributed by atoms with E-state index in [0.717, 1.165) is 26.2 Å². The van der Waals surface area contributed by atoms with Crippen LogP contribution in [-0.4, -0.2) is 64.8 Å². The van der Waals surface area contributed by atoms with E-state index in [1.54, 1.807) is 11.8 Å². The molecule has 1 amide bonds. The molecule has 86 valence electrons. The monoisotopic (exact) mass is 292 g/mol. The molecule has 0 saturated carbocycles. The van der Waals surface area contributed by atoms with Gasteiger partial charge in [-0.25, -0.2) is 0 Å². The summed E-state index contributed by atoms with van der Waals surface area (Å²) < 4.78 is 0. The lowest BCUT2D eigenvalue weighted by Gasteiger charge is -2.37. The minimum absolute atomic E-state index is 0.306. The second-order valence-corrected chi connectivity index (χ2v) is 6.42. The quantitative estimate of drug-likeness (QED) is 0.711. The molecule has 3 nitrogen and oxygen atoms in total. The zero-order valence-corrected chi connectivity index (χ0v) is 11.4. The van der Waals surface area contributed by atoms with Gasteiger partial charge in [0.2, 0.25) is 5.91 Å². The van der Waals surface area contributed by atoms with E-state index in [-0.39, 0.29) is 0 Å². The molecule has 0 bridgehead atoms. The summed E-state index contributed by atoms with van der Waals surface area (Å²) in [6.07, 6.45) is 3.17. The number of amides is 1. The van der Waals surface area contributed by atoms with Crippen LogP contribution in [0.5, 0.6) is 0 Å². The highest BCUT2D eigenvalue weighted by molar-refractivity contribution is 9.09. The molecule has 5 heteroatoms. The summed E-state index contributed by atoms with van der Waals surface area (Å²) in [5, 5.41) is 0. The van der Waals surface area contributed by atoms with Gasteiger partial charge in [0, 0.05) is 37.0 Å². The first-order valence-electron chi connectivity index (χ1n) is 5.35. The number of thioether (sulfide) groups is 1. The van der Waals surface area contributed by atoms with Crippen LogP contribution in [-0.2, 0) is 4.79 Å². The van der Waals surface area contributed by atoms with Crippen LogP contribution in [0.1, 0.15) is 6.42 Å². The maximum absolute atomic E-state index is 11.7. The minimum atomic E-state index is 0.306. The summed E-state index contributed by atoms with van der Waals surface area (Å²) in [5.74, 6) is 0.935. The molecule has 15 heavy (non-hydrogen) atoms. The van der Waals surface area contributed by atoms with Crippen LogP contribution in [0.4, 0.5) is 0 Å². The molecule has 2 aliphatic rings. The Morgan fingerprint density at radius 3 is 3.00 bits per heavy atom. The normalized spacial score (nSPS) is 31.7. The fourth-order valence-electron chi connectivity index (χ4n) is 2.42. The van der Waals surface area contributed by atoms with E-state index in [4.69, 9.17) is 0 Å². The van der Waals surface area contributed by atoms with Gasteiger partial charge in [-0.3, -0.25) is 9.69 Å². The minimum Gasteiger partial charge on any atom is -0.339 e. The highest BCUT2D eigenvalue weighted by atomic mass is 79.9. The number of carbonyl (C=O) groups is 1. The molecule has 2 fully saturated rings. The summed E-state index contributed by atoms with van der Waals surface area (Å²) in [6, 6.07) is 0.592. The Morgan fingerprint density at radius 2 is 2.27 bits per heavy atom. The van der Waals surface area contributed by atoms with Crippen LogP contribution in [0.15, 0.2) is 0 Å². The Hall–Kier alpha value is 0.260. The van der Waals surface area contributed by atoms with Crippen molar-refractivity contribution in [2.24, 2.45) is 0 Å². The van der Waals surface area contributed by atoms with E-state index < -0.39 is 0 Å². The Labute approximate surface area is 104 Å². The molecule has 2 atom stereocenters. The first-order chi connectivity index (χ1) is 7.20. The van der Waals surface area contributed by atoms with Gasteiger partial charge in [0.05, 0.1) is 5.75 Å². The topological polar surface area (TPSA) is 23.6 Å². The highest BCUT2D eigenvalue weighted by Gasteiger charge is 2.35. The van der Waals surface area contributed by atoms with Crippen molar-refractivity contribution in [3.05, 3.63) is 0 Å². The van der Waals surface area contributed by atoms with Gasteiger partial charge in [-0.15, -0.1) is 0 Å².